The number of hydrogen-bond donors (Lipinski definition) is 2. The first-order chi connectivity index (χ1) is 13.7. The zero-order chi connectivity index (χ0) is 21.2. The first kappa shape index (κ1) is 20.6. The lowest BCUT2D eigenvalue weighted by atomic mass is 10.1. The summed E-state index contributed by atoms with van der Waals surface area (Å²) in [7, 11) is -4.00. The predicted molar refractivity (Wildman–Crippen MR) is 108 cm³/mol. The number of benzene rings is 2. The highest BCUT2D eigenvalue weighted by atomic mass is 32.2. The molecule has 0 fully saturated rings. The SMILES string of the molecule is Cc1ccc(C(C)NC(=O)c2ccccc2NS(=O)(=O)c2ccc(F)c(C)c2)o1. The molecule has 6 nitrogen and oxygen atoms in total. The molecular formula is C21H21FN2O4S. The number of aryl methyl sites for hydroxylation is 2. The Balaban J connectivity index is 1.84. The minimum atomic E-state index is -4.00. The second-order valence-electron chi connectivity index (χ2n) is 6.71. The van der Waals surface area contributed by atoms with E-state index in [1.807, 2.05) is 0 Å². The van der Waals surface area contributed by atoms with Gasteiger partial charge in [0.25, 0.3) is 15.9 Å². The third kappa shape index (κ3) is 4.65. The molecule has 0 radical (unpaired) electrons. The number of sulfonamides is 1. The molecule has 1 heterocycles. The van der Waals surface area contributed by atoms with E-state index in [-0.39, 0.29) is 21.7 Å². The molecule has 1 amide bonds. The van der Waals surface area contributed by atoms with E-state index in [1.54, 1.807) is 38.1 Å². The Hall–Kier alpha value is -3.13. The van der Waals surface area contributed by atoms with Crippen molar-refractivity contribution in [1.82, 2.24) is 5.32 Å². The third-order valence-electron chi connectivity index (χ3n) is 4.39. The van der Waals surface area contributed by atoms with Crippen molar-refractivity contribution in [1.29, 1.82) is 0 Å². The molecule has 0 saturated heterocycles. The number of hydrogen-bond acceptors (Lipinski definition) is 4. The number of nitrogens with one attached hydrogen (secondary N) is 2. The van der Waals surface area contributed by atoms with Gasteiger partial charge in [0.15, 0.2) is 0 Å². The van der Waals surface area contributed by atoms with Gasteiger partial charge in [0.2, 0.25) is 0 Å². The van der Waals surface area contributed by atoms with Gasteiger partial charge in [0.05, 0.1) is 22.2 Å². The maximum absolute atomic E-state index is 13.5. The van der Waals surface area contributed by atoms with Crippen LogP contribution >= 0.6 is 0 Å². The highest BCUT2D eigenvalue weighted by molar-refractivity contribution is 7.92. The fraction of sp³-hybridized carbons (Fsp3) is 0.190. The first-order valence-electron chi connectivity index (χ1n) is 8.92. The Morgan fingerprint density at radius 2 is 1.79 bits per heavy atom. The van der Waals surface area contributed by atoms with E-state index >= 15 is 0 Å². The molecule has 0 aliphatic heterocycles. The lowest BCUT2D eigenvalue weighted by Gasteiger charge is -2.15. The van der Waals surface area contributed by atoms with Crippen LogP contribution in [0.1, 0.15) is 40.4 Å². The number of anilines is 1. The number of amides is 1. The summed E-state index contributed by atoms with van der Waals surface area (Å²) in [6.07, 6.45) is 0. The van der Waals surface area contributed by atoms with Crippen LogP contribution in [0, 0.1) is 19.7 Å². The molecule has 1 atom stereocenters. The third-order valence-corrected chi connectivity index (χ3v) is 5.75. The van der Waals surface area contributed by atoms with Crippen molar-refractivity contribution in [2.45, 2.75) is 31.7 Å². The first-order valence-corrected chi connectivity index (χ1v) is 10.4. The quantitative estimate of drug-likeness (QED) is 0.626. The van der Waals surface area contributed by atoms with Gasteiger partial charge in [-0.2, -0.15) is 0 Å². The summed E-state index contributed by atoms with van der Waals surface area (Å²) in [5.74, 6) is 0.366. The molecule has 152 valence electrons. The van der Waals surface area contributed by atoms with Crippen LogP contribution in [0.5, 0.6) is 0 Å². The Labute approximate surface area is 168 Å². The highest BCUT2D eigenvalue weighted by Gasteiger charge is 2.21. The number of carbonyl (C=O) groups is 1. The van der Waals surface area contributed by atoms with Gasteiger partial charge in [-0.25, -0.2) is 12.8 Å². The zero-order valence-electron chi connectivity index (χ0n) is 16.2. The number of halogens is 1. The van der Waals surface area contributed by atoms with Crippen molar-refractivity contribution in [2.24, 2.45) is 0 Å². The minimum Gasteiger partial charge on any atom is -0.464 e. The molecule has 1 unspecified atom stereocenters. The summed E-state index contributed by atoms with van der Waals surface area (Å²) in [4.78, 5) is 12.6. The molecule has 29 heavy (non-hydrogen) atoms. The normalized spacial score (nSPS) is 12.4. The largest absolute Gasteiger partial charge is 0.464 e. The van der Waals surface area contributed by atoms with Gasteiger partial charge in [-0.15, -0.1) is 0 Å². The molecule has 8 heteroatoms. The molecule has 0 spiro atoms. The van der Waals surface area contributed by atoms with Crippen molar-refractivity contribution in [2.75, 3.05) is 4.72 Å². The maximum atomic E-state index is 13.5. The van der Waals surface area contributed by atoms with E-state index in [1.165, 1.54) is 31.2 Å². The van der Waals surface area contributed by atoms with Crippen LogP contribution in [0.3, 0.4) is 0 Å². The lowest BCUT2D eigenvalue weighted by Crippen LogP contribution is -2.27. The number of rotatable bonds is 6. The van der Waals surface area contributed by atoms with Gasteiger partial charge in [0.1, 0.15) is 17.3 Å². The van der Waals surface area contributed by atoms with Crippen LogP contribution < -0.4 is 10.0 Å². The predicted octanol–water partition coefficient (Wildman–Crippen LogP) is 4.33. The second-order valence-corrected chi connectivity index (χ2v) is 8.39. The van der Waals surface area contributed by atoms with E-state index in [2.05, 4.69) is 10.0 Å². The van der Waals surface area contributed by atoms with E-state index in [0.29, 0.717) is 5.76 Å². The van der Waals surface area contributed by atoms with Gasteiger partial charge in [0, 0.05) is 0 Å². The molecule has 2 N–H and O–H groups in total. The van der Waals surface area contributed by atoms with Crippen molar-refractivity contribution >= 4 is 21.6 Å². The molecule has 2 aromatic carbocycles. The van der Waals surface area contributed by atoms with Crippen LogP contribution in [0.25, 0.3) is 0 Å². The van der Waals surface area contributed by atoms with Crippen molar-refractivity contribution < 1.29 is 22.0 Å². The fourth-order valence-corrected chi connectivity index (χ4v) is 3.95. The standard InChI is InChI=1S/C21H21FN2O4S/c1-13-12-16(9-10-18(13)22)29(26,27)24-19-7-5-4-6-17(19)21(25)23-15(3)20-11-8-14(2)28-20/h4-12,15,24H,1-3H3,(H,23,25). The number of para-hydroxylation sites is 1. The van der Waals surface area contributed by atoms with Gasteiger partial charge in [-0.3, -0.25) is 9.52 Å². The van der Waals surface area contributed by atoms with E-state index in [0.717, 1.165) is 11.8 Å². The van der Waals surface area contributed by atoms with Crippen molar-refractivity contribution in [3.05, 3.63) is 83.1 Å². The molecule has 3 aromatic rings. The summed E-state index contributed by atoms with van der Waals surface area (Å²) in [5, 5.41) is 2.79. The van der Waals surface area contributed by atoms with Crippen LogP contribution in [0.4, 0.5) is 10.1 Å². The number of furan rings is 1. The Bertz CT molecular complexity index is 1150. The van der Waals surface area contributed by atoms with Crippen LogP contribution in [0.2, 0.25) is 0 Å². The van der Waals surface area contributed by atoms with E-state index in [4.69, 9.17) is 4.42 Å². The minimum absolute atomic E-state index is 0.0916. The van der Waals surface area contributed by atoms with E-state index < -0.39 is 27.8 Å². The number of carbonyl (C=O) groups excluding carboxylic acids is 1. The molecular weight excluding hydrogens is 395 g/mol. The topological polar surface area (TPSA) is 88.4 Å². The smallest absolute Gasteiger partial charge is 0.261 e. The second kappa shape index (κ2) is 8.08. The Morgan fingerprint density at radius 3 is 2.45 bits per heavy atom. The highest BCUT2D eigenvalue weighted by Crippen LogP contribution is 2.23. The summed E-state index contributed by atoms with van der Waals surface area (Å²) >= 11 is 0. The summed E-state index contributed by atoms with van der Waals surface area (Å²) in [6, 6.07) is 12.9. The molecule has 0 bridgehead atoms. The summed E-state index contributed by atoms with van der Waals surface area (Å²) in [6.45, 7) is 5.05. The lowest BCUT2D eigenvalue weighted by molar-refractivity contribution is 0.0936. The molecule has 0 saturated carbocycles. The van der Waals surface area contributed by atoms with Gasteiger partial charge in [-0.1, -0.05) is 12.1 Å². The van der Waals surface area contributed by atoms with Gasteiger partial charge in [-0.05, 0) is 68.8 Å². The van der Waals surface area contributed by atoms with Crippen LogP contribution in [0.15, 0.2) is 63.9 Å². The molecule has 3 rings (SSSR count). The average molecular weight is 416 g/mol. The maximum Gasteiger partial charge on any atom is 0.261 e. The van der Waals surface area contributed by atoms with Crippen LogP contribution in [-0.4, -0.2) is 14.3 Å². The van der Waals surface area contributed by atoms with Crippen molar-refractivity contribution in [3.8, 4) is 0 Å². The summed E-state index contributed by atoms with van der Waals surface area (Å²) < 4.78 is 46.8. The van der Waals surface area contributed by atoms with Gasteiger partial charge < -0.3 is 9.73 Å². The van der Waals surface area contributed by atoms with Crippen molar-refractivity contribution in [3.63, 3.8) is 0 Å². The summed E-state index contributed by atoms with van der Waals surface area (Å²) in [5.41, 5.74) is 0.487. The average Bonchev–Trinajstić information content (AvgIpc) is 3.10. The van der Waals surface area contributed by atoms with Gasteiger partial charge >= 0.3 is 0 Å². The van der Waals surface area contributed by atoms with E-state index in [9.17, 15) is 17.6 Å². The zero-order valence-corrected chi connectivity index (χ0v) is 17.0. The van der Waals surface area contributed by atoms with Crippen LogP contribution in [-0.2, 0) is 10.0 Å². The molecule has 0 aliphatic rings. The monoisotopic (exact) mass is 416 g/mol. The Morgan fingerprint density at radius 1 is 1.07 bits per heavy atom. The Kier molecular flexibility index (Phi) is 5.74. The fourth-order valence-electron chi connectivity index (χ4n) is 2.79. The molecule has 1 aromatic heterocycles. The molecule has 0 aliphatic carbocycles.